The minimum absolute atomic E-state index is 0.0228. The molecule has 0 aromatic heterocycles. The minimum atomic E-state index is -0.0228. The van der Waals surface area contributed by atoms with E-state index in [1.165, 1.54) is 19.3 Å². The molecule has 1 aliphatic rings. The second-order valence-electron chi connectivity index (χ2n) is 5.44. The highest BCUT2D eigenvalue weighted by Crippen LogP contribution is 2.27. The van der Waals surface area contributed by atoms with Crippen LogP contribution in [0, 0.1) is 0 Å². The SMILES string of the molecule is OCC1(NCCCOc2ccccc2)CCCCC1. The Morgan fingerprint density at radius 1 is 1.11 bits per heavy atom. The van der Waals surface area contributed by atoms with E-state index in [1.54, 1.807) is 0 Å². The van der Waals surface area contributed by atoms with Gasteiger partial charge in [0.15, 0.2) is 0 Å². The van der Waals surface area contributed by atoms with Gasteiger partial charge in [-0.2, -0.15) is 0 Å². The third-order valence-corrected chi connectivity index (χ3v) is 3.95. The number of para-hydroxylation sites is 1. The molecule has 0 saturated heterocycles. The van der Waals surface area contributed by atoms with Crippen molar-refractivity contribution >= 4 is 0 Å². The lowest BCUT2D eigenvalue weighted by Crippen LogP contribution is -2.50. The molecule has 2 rings (SSSR count). The van der Waals surface area contributed by atoms with Crippen LogP contribution in [0.25, 0.3) is 0 Å². The monoisotopic (exact) mass is 263 g/mol. The quantitative estimate of drug-likeness (QED) is 0.743. The van der Waals surface area contributed by atoms with Gasteiger partial charge >= 0.3 is 0 Å². The summed E-state index contributed by atoms with van der Waals surface area (Å²) in [7, 11) is 0. The Morgan fingerprint density at radius 3 is 2.53 bits per heavy atom. The Labute approximate surface area is 116 Å². The summed E-state index contributed by atoms with van der Waals surface area (Å²) in [6.45, 7) is 1.89. The molecule has 1 fully saturated rings. The van der Waals surface area contributed by atoms with Crippen molar-refractivity contribution in [2.45, 2.75) is 44.1 Å². The fraction of sp³-hybridized carbons (Fsp3) is 0.625. The van der Waals surface area contributed by atoms with Crippen LogP contribution < -0.4 is 10.1 Å². The number of benzene rings is 1. The largest absolute Gasteiger partial charge is 0.494 e. The van der Waals surface area contributed by atoms with Gasteiger partial charge in [0, 0.05) is 5.54 Å². The van der Waals surface area contributed by atoms with Gasteiger partial charge in [-0.15, -0.1) is 0 Å². The second kappa shape index (κ2) is 7.51. The molecule has 106 valence electrons. The van der Waals surface area contributed by atoms with Gasteiger partial charge in [-0.05, 0) is 37.9 Å². The summed E-state index contributed by atoms with van der Waals surface area (Å²) < 4.78 is 5.66. The van der Waals surface area contributed by atoms with Crippen LogP contribution in [-0.4, -0.2) is 30.4 Å². The van der Waals surface area contributed by atoms with E-state index in [1.807, 2.05) is 30.3 Å². The molecule has 0 amide bonds. The summed E-state index contributed by atoms with van der Waals surface area (Å²) >= 11 is 0. The van der Waals surface area contributed by atoms with Crippen LogP contribution in [0.3, 0.4) is 0 Å². The molecule has 1 aliphatic carbocycles. The highest BCUT2D eigenvalue weighted by atomic mass is 16.5. The van der Waals surface area contributed by atoms with Crippen molar-refractivity contribution in [2.75, 3.05) is 19.8 Å². The standard InChI is InChI=1S/C16H25NO2/c18-14-16(10-5-2-6-11-16)17-12-7-13-19-15-8-3-1-4-9-15/h1,3-4,8-9,17-18H,2,5-7,10-14H2. The molecule has 3 heteroatoms. The maximum Gasteiger partial charge on any atom is 0.119 e. The Kier molecular flexibility index (Phi) is 5.67. The van der Waals surface area contributed by atoms with Gasteiger partial charge in [0.05, 0.1) is 13.2 Å². The molecule has 3 nitrogen and oxygen atoms in total. The van der Waals surface area contributed by atoms with Gasteiger partial charge in [-0.25, -0.2) is 0 Å². The maximum absolute atomic E-state index is 9.58. The molecule has 0 heterocycles. The topological polar surface area (TPSA) is 41.5 Å². The zero-order valence-electron chi connectivity index (χ0n) is 11.6. The lowest BCUT2D eigenvalue weighted by atomic mass is 9.82. The first kappa shape index (κ1) is 14.4. The van der Waals surface area contributed by atoms with E-state index >= 15 is 0 Å². The summed E-state index contributed by atoms with van der Waals surface area (Å²) in [6, 6.07) is 9.91. The van der Waals surface area contributed by atoms with Gasteiger partial charge in [-0.3, -0.25) is 0 Å². The van der Waals surface area contributed by atoms with Crippen LogP contribution >= 0.6 is 0 Å². The average molecular weight is 263 g/mol. The lowest BCUT2D eigenvalue weighted by Gasteiger charge is -2.36. The molecular formula is C16H25NO2. The van der Waals surface area contributed by atoms with Crippen molar-refractivity contribution in [3.05, 3.63) is 30.3 Å². The Balaban J connectivity index is 1.63. The van der Waals surface area contributed by atoms with Gasteiger partial charge in [0.1, 0.15) is 5.75 Å². The first-order valence-electron chi connectivity index (χ1n) is 7.38. The summed E-state index contributed by atoms with van der Waals surface area (Å²) in [6.07, 6.45) is 6.94. The van der Waals surface area contributed by atoms with Crippen LogP contribution in [0.15, 0.2) is 30.3 Å². The number of hydrogen-bond donors (Lipinski definition) is 2. The van der Waals surface area contributed by atoms with Crippen molar-refractivity contribution in [3.63, 3.8) is 0 Å². The van der Waals surface area contributed by atoms with Crippen LogP contribution in [0.5, 0.6) is 5.75 Å². The Hall–Kier alpha value is -1.06. The lowest BCUT2D eigenvalue weighted by molar-refractivity contribution is 0.119. The van der Waals surface area contributed by atoms with Crippen LogP contribution in [0.4, 0.5) is 0 Å². The molecule has 0 aliphatic heterocycles. The van der Waals surface area contributed by atoms with Crippen LogP contribution in [0.2, 0.25) is 0 Å². The number of aliphatic hydroxyl groups is 1. The van der Waals surface area contributed by atoms with Crippen molar-refractivity contribution in [1.82, 2.24) is 5.32 Å². The number of ether oxygens (including phenoxy) is 1. The summed E-state index contributed by atoms with van der Waals surface area (Å²) in [5.74, 6) is 0.928. The van der Waals surface area contributed by atoms with Crippen molar-refractivity contribution in [2.24, 2.45) is 0 Å². The van der Waals surface area contributed by atoms with E-state index in [9.17, 15) is 5.11 Å². The smallest absolute Gasteiger partial charge is 0.119 e. The van der Waals surface area contributed by atoms with Gasteiger partial charge in [0.25, 0.3) is 0 Å². The summed E-state index contributed by atoms with van der Waals surface area (Å²) in [5.41, 5.74) is -0.0228. The third kappa shape index (κ3) is 4.51. The molecule has 0 unspecified atom stereocenters. The van der Waals surface area contributed by atoms with E-state index in [4.69, 9.17) is 4.74 Å². The first-order chi connectivity index (χ1) is 9.35. The first-order valence-corrected chi connectivity index (χ1v) is 7.38. The molecule has 0 bridgehead atoms. The Bertz CT molecular complexity index is 347. The minimum Gasteiger partial charge on any atom is -0.494 e. The second-order valence-corrected chi connectivity index (χ2v) is 5.44. The number of rotatable bonds is 7. The highest BCUT2D eigenvalue weighted by Gasteiger charge is 2.30. The number of aliphatic hydroxyl groups excluding tert-OH is 1. The number of hydrogen-bond acceptors (Lipinski definition) is 3. The maximum atomic E-state index is 9.58. The van der Waals surface area contributed by atoms with Gasteiger partial charge < -0.3 is 15.2 Å². The van der Waals surface area contributed by atoms with E-state index in [0.29, 0.717) is 0 Å². The fourth-order valence-electron chi connectivity index (χ4n) is 2.75. The summed E-state index contributed by atoms with van der Waals surface area (Å²) in [4.78, 5) is 0. The van der Waals surface area contributed by atoms with Crippen molar-refractivity contribution in [1.29, 1.82) is 0 Å². The van der Waals surface area contributed by atoms with Gasteiger partial charge in [-0.1, -0.05) is 37.5 Å². The van der Waals surface area contributed by atoms with E-state index in [0.717, 1.165) is 38.2 Å². The molecular weight excluding hydrogens is 238 g/mol. The molecule has 1 aromatic carbocycles. The molecule has 2 N–H and O–H groups in total. The fourth-order valence-corrected chi connectivity index (χ4v) is 2.75. The van der Waals surface area contributed by atoms with Crippen LogP contribution in [0.1, 0.15) is 38.5 Å². The molecule has 19 heavy (non-hydrogen) atoms. The average Bonchev–Trinajstić information content (AvgIpc) is 2.49. The van der Waals surface area contributed by atoms with E-state index in [2.05, 4.69) is 5.32 Å². The molecule has 1 aromatic rings. The highest BCUT2D eigenvalue weighted by molar-refractivity contribution is 5.20. The van der Waals surface area contributed by atoms with Gasteiger partial charge in [0.2, 0.25) is 0 Å². The number of nitrogens with one attached hydrogen (secondary N) is 1. The zero-order chi connectivity index (χ0) is 13.4. The van der Waals surface area contributed by atoms with Crippen molar-refractivity contribution < 1.29 is 9.84 Å². The normalized spacial score (nSPS) is 18.2. The predicted octanol–water partition coefficient (Wildman–Crippen LogP) is 2.74. The molecule has 1 saturated carbocycles. The summed E-state index contributed by atoms with van der Waals surface area (Å²) in [5, 5.41) is 13.1. The molecule has 0 atom stereocenters. The predicted molar refractivity (Wildman–Crippen MR) is 77.5 cm³/mol. The van der Waals surface area contributed by atoms with E-state index in [-0.39, 0.29) is 12.1 Å². The van der Waals surface area contributed by atoms with Crippen LogP contribution in [-0.2, 0) is 0 Å². The van der Waals surface area contributed by atoms with Crippen molar-refractivity contribution in [3.8, 4) is 5.75 Å². The Morgan fingerprint density at radius 2 is 1.84 bits per heavy atom. The van der Waals surface area contributed by atoms with E-state index < -0.39 is 0 Å². The zero-order valence-corrected chi connectivity index (χ0v) is 11.6. The third-order valence-electron chi connectivity index (χ3n) is 3.95. The molecule has 0 spiro atoms. The molecule has 0 radical (unpaired) electrons.